The minimum atomic E-state index is -0.647. The number of carbonyl (C=O) groups is 2. The van der Waals surface area contributed by atoms with Gasteiger partial charge in [-0.15, -0.1) is 0 Å². The monoisotopic (exact) mass is 288 g/mol. The normalized spacial score (nSPS) is 9.94. The van der Waals surface area contributed by atoms with Crippen LogP contribution < -0.4 is 5.73 Å². The van der Waals surface area contributed by atoms with Crippen molar-refractivity contribution in [2.75, 3.05) is 13.6 Å². The molecule has 1 aromatic carbocycles. The largest absolute Gasteiger partial charge is 0.368 e. The molecule has 2 amide bonds. The van der Waals surface area contributed by atoms with Gasteiger partial charge in [0.25, 0.3) is 5.91 Å². The van der Waals surface area contributed by atoms with Crippen LogP contribution in [0.2, 0.25) is 0 Å². The molecule has 2 N–H and O–H groups in total. The number of halogens is 2. The van der Waals surface area contributed by atoms with E-state index in [1.54, 1.807) is 0 Å². The number of amides is 2. The van der Waals surface area contributed by atoms with Crippen molar-refractivity contribution in [2.45, 2.75) is 0 Å². The zero-order chi connectivity index (χ0) is 12.3. The van der Waals surface area contributed by atoms with Crippen LogP contribution in [0.15, 0.2) is 22.7 Å². The number of primary amides is 1. The molecule has 0 aliphatic rings. The third-order valence-corrected chi connectivity index (χ3v) is 2.39. The van der Waals surface area contributed by atoms with E-state index in [-0.39, 0.29) is 12.1 Å². The lowest BCUT2D eigenvalue weighted by Gasteiger charge is -2.15. The molecular weight excluding hydrogens is 279 g/mol. The first kappa shape index (κ1) is 12.6. The minimum Gasteiger partial charge on any atom is -0.368 e. The molecule has 0 saturated carbocycles. The summed E-state index contributed by atoms with van der Waals surface area (Å²) in [5, 5.41) is 0. The van der Waals surface area contributed by atoms with E-state index in [1.807, 2.05) is 0 Å². The van der Waals surface area contributed by atoms with Crippen LogP contribution >= 0.6 is 15.9 Å². The number of nitrogens with two attached hydrogens (primary N) is 1. The van der Waals surface area contributed by atoms with Crippen LogP contribution in [-0.4, -0.2) is 30.3 Å². The Morgan fingerprint density at radius 1 is 1.50 bits per heavy atom. The van der Waals surface area contributed by atoms with Crippen LogP contribution in [0.1, 0.15) is 10.4 Å². The second-order valence-corrected chi connectivity index (χ2v) is 4.17. The molecule has 0 heterocycles. The number of benzene rings is 1. The molecule has 16 heavy (non-hydrogen) atoms. The van der Waals surface area contributed by atoms with Crippen molar-refractivity contribution in [1.29, 1.82) is 0 Å². The molecule has 86 valence electrons. The smallest absolute Gasteiger partial charge is 0.257 e. The highest BCUT2D eigenvalue weighted by molar-refractivity contribution is 9.10. The second-order valence-electron chi connectivity index (χ2n) is 3.25. The van der Waals surface area contributed by atoms with Gasteiger partial charge in [0.1, 0.15) is 5.82 Å². The van der Waals surface area contributed by atoms with E-state index in [1.165, 1.54) is 25.2 Å². The lowest BCUT2D eigenvalue weighted by Crippen LogP contribution is -2.35. The fourth-order valence-corrected chi connectivity index (χ4v) is 1.53. The Balaban J connectivity index is 2.95. The van der Waals surface area contributed by atoms with Crippen LogP contribution in [0.4, 0.5) is 4.39 Å². The Labute approximate surface area is 100 Å². The third-order valence-electron chi connectivity index (χ3n) is 1.90. The van der Waals surface area contributed by atoms with Crippen LogP contribution in [0.5, 0.6) is 0 Å². The van der Waals surface area contributed by atoms with Crippen molar-refractivity contribution in [1.82, 2.24) is 4.90 Å². The summed E-state index contributed by atoms with van der Waals surface area (Å²) in [5.41, 5.74) is 4.84. The van der Waals surface area contributed by atoms with Crippen molar-refractivity contribution >= 4 is 27.7 Å². The molecule has 0 fully saturated rings. The maximum Gasteiger partial charge on any atom is 0.257 e. The van der Waals surface area contributed by atoms with Gasteiger partial charge in [-0.2, -0.15) is 0 Å². The summed E-state index contributed by atoms with van der Waals surface area (Å²) >= 11 is 3.14. The molecule has 6 heteroatoms. The highest BCUT2D eigenvalue weighted by Crippen LogP contribution is 2.16. The molecule has 0 radical (unpaired) electrons. The molecule has 0 bridgehead atoms. The molecule has 0 unspecified atom stereocenters. The Kier molecular flexibility index (Phi) is 4.00. The van der Waals surface area contributed by atoms with E-state index in [0.717, 1.165) is 4.90 Å². The summed E-state index contributed by atoms with van der Waals surface area (Å²) in [4.78, 5) is 23.4. The molecule has 0 saturated heterocycles. The highest BCUT2D eigenvalue weighted by Gasteiger charge is 2.17. The van der Waals surface area contributed by atoms with Gasteiger partial charge in [0.05, 0.1) is 12.1 Å². The third kappa shape index (κ3) is 3.03. The summed E-state index contributed by atoms with van der Waals surface area (Å²) < 4.78 is 13.9. The minimum absolute atomic E-state index is 0.0990. The lowest BCUT2D eigenvalue weighted by molar-refractivity contribution is -0.118. The van der Waals surface area contributed by atoms with E-state index in [2.05, 4.69) is 15.9 Å². The van der Waals surface area contributed by atoms with Crippen LogP contribution in [-0.2, 0) is 4.79 Å². The number of carbonyl (C=O) groups excluding carboxylic acids is 2. The number of rotatable bonds is 3. The average molecular weight is 289 g/mol. The van der Waals surface area contributed by atoms with Gasteiger partial charge in [0, 0.05) is 11.5 Å². The SMILES string of the molecule is CN(CC(N)=O)C(=O)c1cc(Br)ccc1F. The van der Waals surface area contributed by atoms with Gasteiger partial charge in [-0.3, -0.25) is 9.59 Å². The van der Waals surface area contributed by atoms with Crippen LogP contribution in [0.3, 0.4) is 0 Å². The number of hydrogen-bond donors (Lipinski definition) is 1. The molecule has 4 nitrogen and oxygen atoms in total. The van der Waals surface area contributed by atoms with Crippen molar-refractivity contribution in [3.63, 3.8) is 0 Å². The van der Waals surface area contributed by atoms with E-state index < -0.39 is 17.6 Å². The predicted molar refractivity (Wildman–Crippen MR) is 60.3 cm³/mol. The zero-order valence-electron chi connectivity index (χ0n) is 8.54. The van der Waals surface area contributed by atoms with E-state index in [0.29, 0.717) is 4.47 Å². The lowest BCUT2D eigenvalue weighted by atomic mass is 10.2. The molecule has 0 aromatic heterocycles. The van der Waals surface area contributed by atoms with Gasteiger partial charge < -0.3 is 10.6 Å². The predicted octanol–water partition coefficient (Wildman–Crippen LogP) is 1.15. The Bertz CT molecular complexity index is 437. The fourth-order valence-electron chi connectivity index (χ4n) is 1.17. The molecule has 0 aliphatic heterocycles. The van der Waals surface area contributed by atoms with Crippen molar-refractivity contribution in [3.8, 4) is 0 Å². The van der Waals surface area contributed by atoms with Crippen molar-refractivity contribution in [2.24, 2.45) is 5.73 Å². The summed E-state index contributed by atoms with van der Waals surface area (Å²) in [6.07, 6.45) is 0. The fraction of sp³-hybridized carbons (Fsp3) is 0.200. The summed E-state index contributed by atoms with van der Waals surface area (Å²) in [6.45, 7) is -0.245. The van der Waals surface area contributed by atoms with Gasteiger partial charge in [0.2, 0.25) is 5.91 Å². The Hall–Kier alpha value is -1.43. The first-order chi connectivity index (χ1) is 7.41. The van der Waals surface area contributed by atoms with Crippen molar-refractivity contribution in [3.05, 3.63) is 34.1 Å². The maximum atomic E-state index is 13.3. The standard InChI is InChI=1S/C10H10BrFN2O2/c1-14(5-9(13)15)10(16)7-4-6(11)2-3-8(7)12/h2-4H,5H2,1H3,(H2,13,15). The summed E-state index contributed by atoms with van der Waals surface area (Å²) in [5.74, 6) is -1.87. The maximum absolute atomic E-state index is 13.3. The molecular formula is C10H10BrFN2O2. The number of likely N-dealkylation sites (N-methyl/N-ethyl adjacent to an activating group) is 1. The molecule has 1 aromatic rings. The molecule has 1 rings (SSSR count). The van der Waals surface area contributed by atoms with Gasteiger partial charge in [-0.1, -0.05) is 15.9 Å². The number of hydrogen-bond acceptors (Lipinski definition) is 2. The quantitative estimate of drug-likeness (QED) is 0.907. The molecule has 0 aliphatic carbocycles. The average Bonchev–Trinajstić information content (AvgIpc) is 2.19. The topological polar surface area (TPSA) is 63.4 Å². The first-order valence-corrected chi connectivity index (χ1v) is 5.20. The van der Waals surface area contributed by atoms with Gasteiger partial charge in [-0.25, -0.2) is 4.39 Å². The van der Waals surface area contributed by atoms with Crippen molar-refractivity contribution < 1.29 is 14.0 Å². The zero-order valence-corrected chi connectivity index (χ0v) is 10.1. The van der Waals surface area contributed by atoms with Gasteiger partial charge in [0.15, 0.2) is 0 Å². The van der Waals surface area contributed by atoms with E-state index in [9.17, 15) is 14.0 Å². The molecule has 0 spiro atoms. The first-order valence-electron chi connectivity index (χ1n) is 4.40. The van der Waals surface area contributed by atoms with E-state index >= 15 is 0 Å². The number of nitrogens with zero attached hydrogens (tertiary/aromatic N) is 1. The Morgan fingerprint density at radius 2 is 2.12 bits per heavy atom. The van der Waals surface area contributed by atoms with Crippen LogP contribution in [0, 0.1) is 5.82 Å². The summed E-state index contributed by atoms with van der Waals surface area (Å²) in [6, 6.07) is 4.02. The van der Waals surface area contributed by atoms with E-state index in [4.69, 9.17) is 5.73 Å². The highest BCUT2D eigenvalue weighted by atomic mass is 79.9. The molecule has 0 atom stereocenters. The van der Waals surface area contributed by atoms with Crippen LogP contribution in [0.25, 0.3) is 0 Å². The summed E-state index contributed by atoms with van der Waals surface area (Å²) in [7, 11) is 1.38. The van der Waals surface area contributed by atoms with Gasteiger partial charge in [-0.05, 0) is 18.2 Å². The van der Waals surface area contributed by atoms with Gasteiger partial charge >= 0.3 is 0 Å². The second kappa shape index (κ2) is 5.07. The Morgan fingerprint density at radius 3 is 2.69 bits per heavy atom.